The molecular weight excluding hydrogens is 325 g/mol. The van der Waals surface area contributed by atoms with Gasteiger partial charge >= 0.3 is 13.6 Å². The molecule has 0 spiro atoms. The Labute approximate surface area is 114 Å². The van der Waals surface area contributed by atoms with Crippen molar-refractivity contribution in [3.05, 3.63) is 0 Å². The summed E-state index contributed by atoms with van der Waals surface area (Å²) in [7, 11) is -8.37. The standard InChI is InChI=1S/C3H8NO5P.C3H9S.H2O4S/c5-3(6)1-4-2-10(7,8)9;1-4(2)3;1-5(2,3)4/h4H,1-2H2,(H,5,6)(H2,7,8,9);1-3H3;(H2,1,2,3,4)/q;+1;/p-1. The number of hydrogen-bond acceptors (Lipinski definition) is 6. The first-order chi connectivity index (χ1) is 8.15. The molecule has 0 unspecified atom stereocenters. The number of nitrogens with one attached hydrogen (secondary N) is 1. The van der Waals surface area contributed by atoms with E-state index in [0.717, 1.165) is 0 Å². The molecule has 0 saturated heterocycles. The van der Waals surface area contributed by atoms with E-state index >= 15 is 0 Å². The third-order valence-corrected chi connectivity index (χ3v) is 1.23. The molecule has 0 radical (unpaired) electrons. The molecule has 0 aliphatic heterocycles. The lowest BCUT2D eigenvalue weighted by molar-refractivity contribution is -0.135. The van der Waals surface area contributed by atoms with Crippen LogP contribution in [0.1, 0.15) is 0 Å². The number of carbonyl (C=O) groups is 1. The van der Waals surface area contributed by atoms with E-state index in [4.69, 9.17) is 32.4 Å². The largest absolute Gasteiger partial charge is 0.726 e. The minimum Gasteiger partial charge on any atom is -0.726 e. The monoisotopic (exact) mass is 343 g/mol. The molecule has 0 amide bonds. The van der Waals surface area contributed by atoms with Gasteiger partial charge in [-0.15, -0.1) is 0 Å². The third kappa shape index (κ3) is 96.1. The van der Waals surface area contributed by atoms with Gasteiger partial charge in [-0.1, -0.05) is 0 Å². The highest BCUT2D eigenvalue weighted by atomic mass is 32.3. The van der Waals surface area contributed by atoms with Gasteiger partial charge in [-0.05, 0) is 10.9 Å². The summed E-state index contributed by atoms with van der Waals surface area (Å²) in [4.78, 5) is 26.1. The predicted molar refractivity (Wildman–Crippen MR) is 70.0 cm³/mol. The Morgan fingerprint density at radius 2 is 1.58 bits per heavy atom. The molecule has 0 saturated carbocycles. The second kappa shape index (κ2) is 11.6. The summed E-state index contributed by atoms with van der Waals surface area (Å²) in [5.41, 5.74) is 0. The van der Waals surface area contributed by atoms with Crippen LogP contribution >= 0.6 is 7.60 Å². The third-order valence-electron chi connectivity index (χ3n) is 0.594. The van der Waals surface area contributed by atoms with Gasteiger partial charge in [-0.25, -0.2) is 8.42 Å². The lowest BCUT2D eigenvalue weighted by atomic mass is 10.7. The summed E-state index contributed by atoms with van der Waals surface area (Å²) >= 11 is 0. The summed E-state index contributed by atoms with van der Waals surface area (Å²) in [5.74, 6) is -1.14. The quantitative estimate of drug-likeness (QED) is 0.170. The predicted octanol–water partition coefficient (Wildman–Crippen LogP) is -1.71. The van der Waals surface area contributed by atoms with E-state index in [0.29, 0.717) is 10.9 Å². The van der Waals surface area contributed by atoms with Gasteiger partial charge in [0.1, 0.15) is 0 Å². The molecule has 13 heteroatoms. The number of aliphatic carboxylic acids is 1. The van der Waals surface area contributed by atoms with Gasteiger partial charge in [0, 0.05) is 0 Å². The Morgan fingerprint density at radius 3 is 1.74 bits per heavy atom. The molecule has 0 aliphatic rings. The van der Waals surface area contributed by atoms with Crippen molar-refractivity contribution in [2.75, 3.05) is 31.6 Å². The normalized spacial score (nSPS) is 10.9. The van der Waals surface area contributed by atoms with Crippen LogP contribution in [0.2, 0.25) is 0 Å². The van der Waals surface area contributed by atoms with Crippen molar-refractivity contribution in [2.45, 2.75) is 0 Å². The highest BCUT2D eigenvalue weighted by molar-refractivity contribution is 7.94. The summed E-state index contributed by atoms with van der Waals surface area (Å²) in [6.07, 6.45) is 5.99. The second-order valence-electron chi connectivity index (χ2n) is 3.30. The molecule has 118 valence electrons. The van der Waals surface area contributed by atoms with Crippen molar-refractivity contribution in [3.8, 4) is 0 Å². The van der Waals surface area contributed by atoms with Crippen LogP contribution in [0, 0.1) is 0 Å². The molecule has 0 aromatic rings. The molecular formula is C6H18NO9PS2. The average molecular weight is 343 g/mol. The van der Waals surface area contributed by atoms with E-state index in [1.165, 1.54) is 0 Å². The van der Waals surface area contributed by atoms with Gasteiger partial charge < -0.3 is 19.4 Å². The first-order valence-corrected chi connectivity index (χ1v) is 9.91. The number of hydrogen-bond donors (Lipinski definition) is 5. The summed E-state index contributed by atoms with van der Waals surface area (Å²) in [6.45, 7) is -0.439. The minimum atomic E-state index is -4.92. The van der Waals surface area contributed by atoms with Gasteiger partial charge in [-0.2, -0.15) is 0 Å². The van der Waals surface area contributed by atoms with E-state index in [-0.39, 0.29) is 0 Å². The number of rotatable bonds is 4. The fraction of sp³-hybridized carbons (Fsp3) is 0.833. The van der Waals surface area contributed by atoms with E-state index in [9.17, 15) is 9.36 Å². The fourth-order valence-corrected chi connectivity index (χ4v) is 0.712. The molecule has 10 nitrogen and oxygen atoms in total. The Balaban J connectivity index is -0.000000238. The van der Waals surface area contributed by atoms with Crippen molar-refractivity contribution in [2.24, 2.45) is 0 Å². The Hall–Kier alpha value is -0.200. The maximum absolute atomic E-state index is 10.1. The zero-order valence-corrected chi connectivity index (χ0v) is 13.0. The van der Waals surface area contributed by atoms with Crippen molar-refractivity contribution < 1.29 is 41.8 Å². The molecule has 0 aliphatic carbocycles. The lowest BCUT2D eigenvalue weighted by Gasteiger charge is -2.02. The SMILES string of the molecule is C[S+](C)C.O=C(O)CNCP(=O)(O)O.O=S(=O)([O-])O. The highest BCUT2D eigenvalue weighted by Crippen LogP contribution is 2.31. The van der Waals surface area contributed by atoms with E-state index < -0.39 is 36.8 Å². The molecule has 0 bridgehead atoms. The van der Waals surface area contributed by atoms with Crippen LogP contribution in [0.5, 0.6) is 0 Å². The number of carboxylic acids is 1. The Kier molecular flexibility index (Phi) is 14.6. The minimum absolute atomic E-state index is 0.439. The zero-order chi connectivity index (χ0) is 16.3. The first-order valence-electron chi connectivity index (χ1n) is 4.29. The van der Waals surface area contributed by atoms with Gasteiger partial charge in [0.15, 0.2) is 0 Å². The highest BCUT2D eigenvalue weighted by Gasteiger charge is 2.11. The molecule has 0 fully saturated rings. The second-order valence-corrected chi connectivity index (χ2v) is 8.25. The molecule has 0 aromatic carbocycles. The number of carboxylic acid groups (broad SMARTS) is 1. The smallest absolute Gasteiger partial charge is 0.339 e. The summed E-state index contributed by atoms with van der Waals surface area (Å²) in [6, 6.07) is 0. The van der Waals surface area contributed by atoms with Crippen LogP contribution in [-0.2, 0) is 30.7 Å². The first kappa shape index (κ1) is 23.9. The average Bonchev–Trinajstić information content (AvgIpc) is 1.94. The van der Waals surface area contributed by atoms with Crippen molar-refractivity contribution >= 4 is 34.9 Å². The molecule has 19 heavy (non-hydrogen) atoms. The van der Waals surface area contributed by atoms with Crippen LogP contribution in [0.4, 0.5) is 0 Å². The van der Waals surface area contributed by atoms with Crippen LogP contribution in [0.3, 0.4) is 0 Å². The molecule has 0 rings (SSSR count). The van der Waals surface area contributed by atoms with E-state index in [1.54, 1.807) is 0 Å². The molecule has 0 aromatic heterocycles. The van der Waals surface area contributed by atoms with Gasteiger partial charge in [0.2, 0.25) is 10.4 Å². The fourth-order valence-electron chi connectivity index (χ4n) is 0.308. The van der Waals surface area contributed by atoms with Gasteiger partial charge in [-0.3, -0.25) is 19.2 Å². The zero-order valence-electron chi connectivity index (χ0n) is 10.5. The van der Waals surface area contributed by atoms with Crippen molar-refractivity contribution in [3.63, 3.8) is 0 Å². The maximum atomic E-state index is 10.1. The van der Waals surface area contributed by atoms with Crippen LogP contribution in [0.25, 0.3) is 0 Å². The lowest BCUT2D eigenvalue weighted by Crippen LogP contribution is -2.23. The summed E-state index contributed by atoms with van der Waals surface area (Å²) < 4.78 is 42.9. The van der Waals surface area contributed by atoms with Crippen molar-refractivity contribution in [1.29, 1.82) is 0 Å². The Morgan fingerprint density at radius 1 is 1.32 bits per heavy atom. The summed E-state index contributed by atoms with van der Waals surface area (Å²) in [5, 5.41) is 10.1. The van der Waals surface area contributed by atoms with E-state index in [1.807, 2.05) is 0 Å². The van der Waals surface area contributed by atoms with Gasteiger partial charge in [0.05, 0.1) is 31.6 Å². The van der Waals surface area contributed by atoms with Crippen LogP contribution < -0.4 is 5.32 Å². The Bertz CT molecular complexity index is 365. The molecule has 0 atom stereocenters. The van der Waals surface area contributed by atoms with Crippen LogP contribution in [0.15, 0.2) is 0 Å². The molecule has 0 heterocycles. The maximum Gasteiger partial charge on any atom is 0.339 e. The topological polar surface area (TPSA) is 184 Å². The van der Waals surface area contributed by atoms with E-state index in [2.05, 4.69) is 24.1 Å². The molecule has 5 N–H and O–H groups in total. The van der Waals surface area contributed by atoms with Crippen molar-refractivity contribution in [1.82, 2.24) is 5.32 Å². The van der Waals surface area contributed by atoms with Crippen LogP contribution in [-0.4, -0.2) is 70.0 Å². The van der Waals surface area contributed by atoms with Gasteiger partial charge in [0.25, 0.3) is 0 Å².